The highest BCUT2D eigenvalue weighted by atomic mass is 32.2. The number of halogens is 3. The lowest BCUT2D eigenvalue weighted by Gasteiger charge is -2.47. The fourth-order valence-corrected chi connectivity index (χ4v) is 7.98. The number of benzene rings is 3. The Morgan fingerprint density at radius 2 is 1.44 bits per heavy atom. The molecule has 0 amide bonds. The molecule has 0 spiro atoms. The maximum atomic E-state index is 13.6. The van der Waals surface area contributed by atoms with Crippen molar-refractivity contribution in [2.75, 3.05) is 32.1 Å². The van der Waals surface area contributed by atoms with Gasteiger partial charge in [0.2, 0.25) is 0 Å². The van der Waals surface area contributed by atoms with Crippen LogP contribution in [-0.4, -0.2) is 78.1 Å². The molecule has 43 heavy (non-hydrogen) atoms. The Morgan fingerprint density at radius 3 is 1.95 bits per heavy atom. The van der Waals surface area contributed by atoms with Crippen molar-refractivity contribution < 1.29 is 35.6 Å². The van der Waals surface area contributed by atoms with E-state index in [2.05, 4.69) is 9.46 Å². The lowest BCUT2D eigenvalue weighted by atomic mass is 9.96. The van der Waals surface area contributed by atoms with Gasteiger partial charge in [-0.25, -0.2) is 13.7 Å². The van der Waals surface area contributed by atoms with Gasteiger partial charge in [0, 0.05) is 38.6 Å². The van der Waals surface area contributed by atoms with E-state index in [-0.39, 0.29) is 18.0 Å². The van der Waals surface area contributed by atoms with E-state index in [1.807, 2.05) is 53.4 Å². The normalized spacial score (nSPS) is 22.8. The van der Waals surface area contributed by atoms with Crippen LogP contribution in [0.1, 0.15) is 11.1 Å². The molecule has 2 heterocycles. The van der Waals surface area contributed by atoms with Gasteiger partial charge in [0.05, 0.1) is 23.1 Å². The molecule has 3 aromatic carbocycles. The topological polar surface area (TPSA) is 126 Å². The fraction of sp³-hybridized carbons (Fsp3) is 0.357. The summed E-state index contributed by atoms with van der Waals surface area (Å²) in [5, 5.41) is 11.8. The molecular formula is C28H32F3N5O5S2. The number of hydrogen-bond donors (Lipinski definition) is 3. The molecule has 1 saturated heterocycles. The SMILES string of the molecule is CN(C)S(=O)(=O)N1CC(NS(=N)(=O)c2ccc(OC(F)(F)F)cc2)C(O)C(N2c3ccccc3CCc3ccccc32)C1. The van der Waals surface area contributed by atoms with Gasteiger partial charge in [-0.1, -0.05) is 36.4 Å². The Bertz CT molecular complexity index is 1640. The molecule has 0 bridgehead atoms. The second kappa shape index (κ2) is 11.7. The third-order valence-corrected chi connectivity index (χ3v) is 11.0. The number of aliphatic hydroxyl groups is 1. The quantitative estimate of drug-likeness (QED) is 0.363. The van der Waals surface area contributed by atoms with Crippen molar-refractivity contribution in [3.63, 3.8) is 0 Å². The highest BCUT2D eigenvalue weighted by Gasteiger charge is 2.46. The molecule has 2 aliphatic heterocycles. The van der Waals surface area contributed by atoms with E-state index in [9.17, 15) is 30.9 Å². The van der Waals surface area contributed by atoms with Gasteiger partial charge in [-0.2, -0.15) is 17.0 Å². The summed E-state index contributed by atoms with van der Waals surface area (Å²) in [6.07, 6.45) is -4.79. The number of aliphatic hydroxyl groups excluding tert-OH is 1. The van der Waals surface area contributed by atoms with Crippen molar-refractivity contribution in [1.82, 2.24) is 13.3 Å². The minimum Gasteiger partial charge on any atom is -0.406 e. The summed E-state index contributed by atoms with van der Waals surface area (Å²) in [5.74, 6) is -0.550. The van der Waals surface area contributed by atoms with Crippen molar-refractivity contribution in [2.24, 2.45) is 0 Å². The number of rotatable bonds is 7. The van der Waals surface area contributed by atoms with Crippen LogP contribution >= 0.6 is 0 Å². The fourth-order valence-electron chi connectivity index (χ4n) is 5.53. The molecule has 5 rings (SSSR count). The van der Waals surface area contributed by atoms with Crippen molar-refractivity contribution in [2.45, 2.75) is 42.3 Å². The van der Waals surface area contributed by atoms with Crippen LogP contribution in [0.5, 0.6) is 5.75 Å². The number of para-hydroxylation sites is 2. The second-order valence-electron chi connectivity index (χ2n) is 10.6. The molecule has 1 fully saturated rings. The van der Waals surface area contributed by atoms with E-state index >= 15 is 0 Å². The van der Waals surface area contributed by atoms with Gasteiger partial charge in [-0.15, -0.1) is 13.2 Å². The second-order valence-corrected chi connectivity index (χ2v) is 14.6. The lowest BCUT2D eigenvalue weighted by Crippen LogP contribution is -2.66. The highest BCUT2D eigenvalue weighted by Crippen LogP contribution is 2.40. The molecule has 3 aromatic rings. The van der Waals surface area contributed by atoms with E-state index in [1.54, 1.807) is 0 Å². The van der Waals surface area contributed by atoms with Crippen LogP contribution < -0.4 is 14.4 Å². The summed E-state index contributed by atoms with van der Waals surface area (Å²) in [7, 11) is -5.19. The number of fused-ring (bicyclic) bond motifs is 2. The third kappa shape index (κ3) is 6.51. The molecule has 0 aliphatic carbocycles. The average Bonchev–Trinajstić information content (AvgIpc) is 3.10. The minimum atomic E-state index is -4.92. The average molecular weight is 640 g/mol. The first-order valence-corrected chi connectivity index (χ1v) is 16.4. The van der Waals surface area contributed by atoms with E-state index in [4.69, 9.17) is 4.78 Å². The van der Waals surface area contributed by atoms with E-state index < -0.39 is 50.4 Å². The Labute approximate surface area is 249 Å². The predicted molar refractivity (Wildman–Crippen MR) is 156 cm³/mol. The molecule has 10 nitrogen and oxygen atoms in total. The number of anilines is 2. The first-order chi connectivity index (χ1) is 20.2. The van der Waals surface area contributed by atoms with Gasteiger partial charge in [-0.05, 0) is 60.4 Å². The molecule has 0 radical (unpaired) electrons. The molecule has 2 aliphatic rings. The van der Waals surface area contributed by atoms with Crippen LogP contribution in [0.4, 0.5) is 24.5 Å². The van der Waals surface area contributed by atoms with E-state index in [0.29, 0.717) is 0 Å². The summed E-state index contributed by atoms with van der Waals surface area (Å²) in [6.45, 7) is -0.411. The van der Waals surface area contributed by atoms with E-state index in [0.717, 1.165) is 63.9 Å². The first kappa shape index (κ1) is 31.2. The Balaban J connectivity index is 1.55. The number of aryl methyl sites for hydroxylation is 2. The van der Waals surface area contributed by atoms with Crippen molar-refractivity contribution in [3.8, 4) is 5.75 Å². The van der Waals surface area contributed by atoms with E-state index in [1.165, 1.54) is 18.4 Å². The zero-order valence-corrected chi connectivity index (χ0v) is 25.0. The van der Waals surface area contributed by atoms with Crippen LogP contribution in [-0.2, 0) is 33.0 Å². The van der Waals surface area contributed by atoms with Crippen molar-refractivity contribution >= 4 is 31.5 Å². The van der Waals surface area contributed by atoms with Crippen molar-refractivity contribution in [3.05, 3.63) is 83.9 Å². The van der Waals surface area contributed by atoms with Gasteiger partial charge in [0.15, 0.2) is 0 Å². The number of hydrogen-bond acceptors (Lipinski definition) is 7. The molecular weight excluding hydrogens is 607 g/mol. The van der Waals surface area contributed by atoms with Crippen LogP contribution in [0.25, 0.3) is 0 Å². The van der Waals surface area contributed by atoms with Gasteiger partial charge in [-0.3, -0.25) is 0 Å². The molecule has 232 valence electrons. The molecule has 4 atom stereocenters. The van der Waals surface area contributed by atoms with Crippen LogP contribution in [0, 0.1) is 4.78 Å². The zero-order valence-electron chi connectivity index (χ0n) is 23.4. The monoisotopic (exact) mass is 639 g/mol. The molecule has 0 saturated carbocycles. The first-order valence-electron chi connectivity index (χ1n) is 13.4. The third-order valence-electron chi connectivity index (χ3n) is 7.59. The maximum absolute atomic E-state index is 13.6. The molecule has 4 unspecified atom stereocenters. The maximum Gasteiger partial charge on any atom is 0.573 e. The summed E-state index contributed by atoms with van der Waals surface area (Å²) < 4.78 is 95.5. The Kier molecular flexibility index (Phi) is 8.50. The molecule has 3 N–H and O–H groups in total. The zero-order chi connectivity index (χ0) is 31.2. The van der Waals surface area contributed by atoms with Gasteiger partial charge >= 0.3 is 6.36 Å². The summed E-state index contributed by atoms with van der Waals surface area (Å²) >= 11 is 0. The number of nitrogens with one attached hydrogen (secondary N) is 2. The summed E-state index contributed by atoms with van der Waals surface area (Å²) in [4.78, 5) is 1.76. The summed E-state index contributed by atoms with van der Waals surface area (Å²) in [5.41, 5.74) is 3.61. The highest BCUT2D eigenvalue weighted by molar-refractivity contribution is 7.90. The standard InChI is InChI=1S/C28H32F3N5O5S2/c1-34(2)43(39,40)35-17-23(33-42(32,38)22-15-13-21(14-16-22)41-28(29,30)31)27(37)26(18-35)36-24-9-5-3-7-19(24)11-12-20-8-4-6-10-25(20)36/h3-10,13-16,23,26-27,37H,11-12,17-18H2,1-2H3,(H2,32,33,38). The summed E-state index contributed by atoms with van der Waals surface area (Å²) in [6, 6.07) is 17.3. The molecule has 0 aromatic heterocycles. The number of nitrogens with zero attached hydrogens (tertiary/aromatic N) is 3. The van der Waals surface area contributed by atoms with Gasteiger partial charge in [0.1, 0.15) is 15.7 Å². The smallest absolute Gasteiger partial charge is 0.406 e. The number of alkyl halides is 3. The van der Waals surface area contributed by atoms with Crippen molar-refractivity contribution in [1.29, 1.82) is 4.78 Å². The largest absolute Gasteiger partial charge is 0.573 e. The predicted octanol–water partition coefficient (Wildman–Crippen LogP) is 3.65. The number of ether oxygens (including phenoxy) is 1. The van der Waals surface area contributed by atoms with Gasteiger partial charge in [0.25, 0.3) is 10.2 Å². The minimum absolute atomic E-state index is 0.106. The van der Waals surface area contributed by atoms with Gasteiger partial charge < -0.3 is 14.7 Å². The molecule has 15 heteroatoms. The Morgan fingerprint density at radius 1 is 0.907 bits per heavy atom. The lowest BCUT2D eigenvalue weighted by molar-refractivity contribution is -0.274. The number of piperidine rings is 1. The van der Waals surface area contributed by atoms with Crippen LogP contribution in [0.2, 0.25) is 0 Å². The van der Waals surface area contributed by atoms with Crippen LogP contribution in [0.15, 0.2) is 77.7 Å². The van der Waals surface area contributed by atoms with Crippen LogP contribution in [0.3, 0.4) is 0 Å². The Hall–Kier alpha value is -3.21.